The molecule has 0 N–H and O–H groups in total. The van der Waals surface area contributed by atoms with Crippen LogP contribution in [0.5, 0.6) is 11.5 Å². The summed E-state index contributed by atoms with van der Waals surface area (Å²) in [6.45, 7) is 2.66. The second-order valence-corrected chi connectivity index (χ2v) is 7.47. The van der Waals surface area contributed by atoms with Gasteiger partial charge in [0.05, 0.1) is 24.9 Å². The summed E-state index contributed by atoms with van der Waals surface area (Å²) in [4.78, 5) is 19.5. The van der Waals surface area contributed by atoms with Gasteiger partial charge in [-0.05, 0) is 43.2 Å². The van der Waals surface area contributed by atoms with Crippen LogP contribution in [0.25, 0.3) is 11.3 Å². The highest BCUT2D eigenvalue weighted by Crippen LogP contribution is 2.34. The highest BCUT2D eigenvalue weighted by molar-refractivity contribution is 7.09. The van der Waals surface area contributed by atoms with Gasteiger partial charge in [-0.2, -0.15) is 0 Å². The van der Waals surface area contributed by atoms with E-state index in [1.165, 1.54) is 5.56 Å². The van der Waals surface area contributed by atoms with Crippen LogP contribution >= 0.6 is 11.3 Å². The summed E-state index contributed by atoms with van der Waals surface area (Å²) in [6, 6.07) is 11.4. The summed E-state index contributed by atoms with van der Waals surface area (Å²) >= 11 is 1.64. The monoisotopic (exact) mass is 380 g/mol. The number of carbonyl (C=O) groups excluding carboxylic acids is 1. The molecule has 2 heterocycles. The van der Waals surface area contributed by atoms with Gasteiger partial charge in [-0.25, -0.2) is 4.98 Å². The average molecular weight is 380 g/mol. The average Bonchev–Trinajstić information content (AvgIpc) is 3.32. The molecule has 0 saturated carbocycles. The number of thiazole rings is 1. The Morgan fingerprint density at radius 3 is 2.48 bits per heavy atom. The van der Waals surface area contributed by atoms with Crippen LogP contribution in [-0.2, 0) is 6.42 Å². The zero-order valence-corrected chi connectivity index (χ0v) is 16.3. The molecule has 1 aromatic heterocycles. The summed E-state index contributed by atoms with van der Waals surface area (Å²) in [7, 11) is 3.16. The first-order chi connectivity index (χ1) is 13.1. The Bertz CT molecular complexity index is 990. The number of rotatable bonds is 4. The van der Waals surface area contributed by atoms with Gasteiger partial charge in [-0.1, -0.05) is 6.07 Å². The first kappa shape index (κ1) is 17.5. The third-order valence-electron chi connectivity index (χ3n) is 4.73. The number of nitrogens with zero attached hydrogens (tertiary/aromatic N) is 2. The Balaban J connectivity index is 1.65. The lowest BCUT2D eigenvalue weighted by Gasteiger charge is -2.18. The standard InChI is InChI=1S/C21H20N2O3S/c1-13-22-19(12-27-13)14-4-5-20-15(8-14)6-7-23(20)21(24)16-9-17(25-2)11-18(10-16)26-3/h4-5,8-12H,6-7H2,1-3H3. The molecule has 27 heavy (non-hydrogen) atoms. The van der Waals surface area contributed by atoms with Crippen LogP contribution in [-0.4, -0.2) is 31.7 Å². The first-order valence-electron chi connectivity index (χ1n) is 8.69. The molecule has 1 amide bonds. The predicted octanol–water partition coefficient (Wildman–Crippen LogP) is 4.34. The van der Waals surface area contributed by atoms with Crippen molar-refractivity contribution in [1.29, 1.82) is 0 Å². The molecule has 1 aliphatic rings. The molecule has 2 aromatic carbocycles. The van der Waals surface area contributed by atoms with Crippen LogP contribution < -0.4 is 14.4 Å². The molecule has 0 saturated heterocycles. The number of benzene rings is 2. The Hall–Kier alpha value is -2.86. The number of fused-ring (bicyclic) bond motifs is 1. The molecule has 4 rings (SSSR count). The van der Waals surface area contributed by atoms with Crippen molar-refractivity contribution in [2.45, 2.75) is 13.3 Å². The Morgan fingerprint density at radius 2 is 1.85 bits per heavy atom. The molecule has 3 aromatic rings. The molecule has 0 fully saturated rings. The van der Waals surface area contributed by atoms with Gasteiger partial charge in [-0.15, -0.1) is 11.3 Å². The molecule has 5 nitrogen and oxygen atoms in total. The van der Waals surface area contributed by atoms with Crippen molar-refractivity contribution in [3.05, 3.63) is 57.9 Å². The zero-order valence-electron chi connectivity index (χ0n) is 15.5. The van der Waals surface area contributed by atoms with E-state index in [1.54, 1.807) is 43.8 Å². The SMILES string of the molecule is COc1cc(OC)cc(C(=O)N2CCc3cc(-c4csc(C)n4)ccc32)c1. The third kappa shape index (κ3) is 3.28. The minimum atomic E-state index is -0.0526. The molecule has 0 bridgehead atoms. The van der Waals surface area contributed by atoms with Crippen LogP contribution in [0.2, 0.25) is 0 Å². The van der Waals surface area contributed by atoms with Crippen molar-refractivity contribution >= 4 is 22.9 Å². The fourth-order valence-corrected chi connectivity index (χ4v) is 3.98. The number of amides is 1. The molecular formula is C21H20N2O3S. The highest BCUT2D eigenvalue weighted by atomic mass is 32.1. The number of anilines is 1. The Labute approximate surface area is 162 Å². The van der Waals surface area contributed by atoms with E-state index in [4.69, 9.17) is 9.47 Å². The van der Waals surface area contributed by atoms with E-state index < -0.39 is 0 Å². The van der Waals surface area contributed by atoms with E-state index in [-0.39, 0.29) is 5.91 Å². The van der Waals surface area contributed by atoms with Gasteiger partial charge in [0.1, 0.15) is 11.5 Å². The van der Waals surface area contributed by atoms with Gasteiger partial charge < -0.3 is 14.4 Å². The van der Waals surface area contributed by atoms with Gasteiger partial charge in [0.2, 0.25) is 0 Å². The molecule has 1 aliphatic heterocycles. The smallest absolute Gasteiger partial charge is 0.258 e. The largest absolute Gasteiger partial charge is 0.497 e. The number of carbonyl (C=O) groups is 1. The molecule has 0 spiro atoms. The number of hydrogen-bond acceptors (Lipinski definition) is 5. The van der Waals surface area contributed by atoms with Crippen LogP contribution in [0, 0.1) is 6.92 Å². The fraction of sp³-hybridized carbons (Fsp3) is 0.238. The fourth-order valence-electron chi connectivity index (χ4n) is 3.35. The number of methoxy groups -OCH3 is 2. The normalized spacial score (nSPS) is 12.8. The summed E-state index contributed by atoms with van der Waals surface area (Å²) < 4.78 is 10.6. The van der Waals surface area contributed by atoms with E-state index in [1.807, 2.05) is 24.0 Å². The molecule has 0 atom stereocenters. The first-order valence-corrected chi connectivity index (χ1v) is 9.57. The van der Waals surface area contributed by atoms with Crippen molar-refractivity contribution in [3.8, 4) is 22.8 Å². The molecule has 138 valence electrons. The second-order valence-electron chi connectivity index (χ2n) is 6.40. The number of hydrogen-bond donors (Lipinski definition) is 0. The maximum absolute atomic E-state index is 13.1. The second kappa shape index (κ2) is 7.04. The minimum absolute atomic E-state index is 0.0526. The molecule has 6 heteroatoms. The van der Waals surface area contributed by atoms with Crippen molar-refractivity contribution < 1.29 is 14.3 Å². The van der Waals surface area contributed by atoms with E-state index in [0.717, 1.165) is 28.4 Å². The van der Waals surface area contributed by atoms with Crippen molar-refractivity contribution in [3.63, 3.8) is 0 Å². The Kier molecular flexibility index (Phi) is 4.58. The molecular weight excluding hydrogens is 360 g/mol. The van der Waals surface area contributed by atoms with Crippen LogP contribution in [0.15, 0.2) is 41.8 Å². The maximum atomic E-state index is 13.1. The van der Waals surface area contributed by atoms with Gasteiger partial charge in [-0.3, -0.25) is 4.79 Å². The van der Waals surface area contributed by atoms with Crippen LogP contribution in [0.1, 0.15) is 20.9 Å². The van der Waals surface area contributed by atoms with Crippen LogP contribution in [0.4, 0.5) is 5.69 Å². The van der Waals surface area contributed by atoms with E-state index in [0.29, 0.717) is 23.6 Å². The summed E-state index contributed by atoms with van der Waals surface area (Å²) in [6.07, 6.45) is 0.832. The third-order valence-corrected chi connectivity index (χ3v) is 5.51. The van der Waals surface area contributed by atoms with Gasteiger partial charge in [0.25, 0.3) is 5.91 Å². The highest BCUT2D eigenvalue weighted by Gasteiger charge is 2.26. The summed E-state index contributed by atoms with van der Waals surface area (Å²) in [5.41, 5.74) is 4.76. The number of aryl methyl sites for hydroxylation is 1. The van der Waals surface area contributed by atoms with E-state index in [9.17, 15) is 4.79 Å². The quantitative estimate of drug-likeness (QED) is 0.676. The van der Waals surface area contributed by atoms with Crippen molar-refractivity contribution in [2.75, 3.05) is 25.7 Å². The van der Waals surface area contributed by atoms with Gasteiger partial charge >= 0.3 is 0 Å². The Morgan fingerprint density at radius 1 is 1.11 bits per heavy atom. The van der Waals surface area contributed by atoms with E-state index in [2.05, 4.69) is 16.4 Å². The molecule has 0 radical (unpaired) electrons. The van der Waals surface area contributed by atoms with Crippen molar-refractivity contribution in [2.24, 2.45) is 0 Å². The topological polar surface area (TPSA) is 51.7 Å². The summed E-state index contributed by atoms with van der Waals surface area (Å²) in [5, 5.41) is 3.12. The molecule has 0 unspecified atom stereocenters. The van der Waals surface area contributed by atoms with Crippen LogP contribution in [0.3, 0.4) is 0 Å². The molecule has 0 aliphatic carbocycles. The summed E-state index contributed by atoms with van der Waals surface area (Å²) in [5.74, 6) is 1.15. The lowest BCUT2D eigenvalue weighted by molar-refractivity contribution is 0.0988. The number of ether oxygens (including phenoxy) is 2. The number of aromatic nitrogens is 1. The van der Waals surface area contributed by atoms with Crippen molar-refractivity contribution in [1.82, 2.24) is 4.98 Å². The maximum Gasteiger partial charge on any atom is 0.258 e. The van der Waals surface area contributed by atoms with E-state index >= 15 is 0 Å². The predicted molar refractivity (Wildman–Crippen MR) is 107 cm³/mol. The zero-order chi connectivity index (χ0) is 19.0. The van der Waals surface area contributed by atoms with Gasteiger partial charge in [0, 0.05) is 34.8 Å². The van der Waals surface area contributed by atoms with Gasteiger partial charge in [0.15, 0.2) is 0 Å². The lowest BCUT2D eigenvalue weighted by atomic mass is 10.1. The lowest BCUT2D eigenvalue weighted by Crippen LogP contribution is -2.28. The minimum Gasteiger partial charge on any atom is -0.497 e.